The summed E-state index contributed by atoms with van der Waals surface area (Å²) in [6.45, 7) is 2.74. The summed E-state index contributed by atoms with van der Waals surface area (Å²) in [6.07, 6.45) is 4.58. The smallest absolute Gasteiger partial charge is 0.220 e. The SMILES string of the molecule is CCCCCCCCCCCC(=O)NC1CC(O[C@H]2C[C@](O)(C(=O)CO)Cc3c(O)c4c(c(O)c32)C(=O)c2c(OC)cccc2C4=O)OC(C)C1O. The third-order valence-corrected chi connectivity index (χ3v) is 10.6. The van der Waals surface area contributed by atoms with Crippen LogP contribution in [-0.2, 0) is 25.5 Å². The second kappa shape index (κ2) is 16.9. The van der Waals surface area contributed by atoms with Gasteiger partial charge in [-0.05, 0) is 19.4 Å². The summed E-state index contributed by atoms with van der Waals surface area (Å²) < 4.78 is 17.5. The minimum Gasteiger partial charge on any atom is -0.507 e. The molecule has 6 atom stereocenters. The lowest BCUT2D eigenvalue weighted by atomic mass is 9.72. The van der Waals surface area contributed by atoms with Crippen molar-refractivity contribution in [2.75, 3.05) is 13.7 Å². The monoisotopic (exact) mass is 725 g/mol. The number of nitrogens with one attached hydrogen (secondary N) is 1. The van der Waals surface area contributed by atoms with E-state index in [1.54, 1.807) is 6.92 Å². The number of aliphatic hydroxyl groups excluding tert-OH is 2. The van der Waals surface area contributed by atoms with Crippen molar-refractivity contribution in [3.8, 4) is 17.2 Å². The molecule has 13 nitrogen and oxygen atoms in total. The maximum absolute atomic E-state index is 13.9. The lowest BCUT2D eigenvalue weighted by Crippen LogP contribution is -2.55. The predicted molar refractivity (Wildman–Crippen MR) is 188 cm³/mol. The van der Waals surface area contributed by atoms with Gasteiger partial charge in [0.25, 0.3) is 0 Å². The number of rotatable bonds is 16. The van der Waals surface area contributed by atoms with Gasteiger partial charge in [-0.3, -0.25) is 19.2 Å². The first kappa shape index (κ1) is 39.3. The number of hydrogen-bond acceptors (Lipinski definition) is 12. The highest BCUT2D eigenvalue weighted by atomic mass is 16.7. The molecule has 0 saturated carbocycles. The molecule has 1 heterocycles. The van der Waals surface area contributed by atoms with E-state index < -0.39 is 95.7 Å². The molecule has 0 bridgehead atoms. The highest BCUT2D eigenvalue weighted by Crippen LogP contribution is 2.52. The first-order valence-corrected chi connectivity index (χ1v) is 18.4. The fourth-order valence-corrected chi connectivity index (χ4v) is 7.73. The first-order valence-electron chi connectivity index (χ1n) is 18.4. The van der Waals surface area contributed by atoms with Crippen molar-refractivity contribution in [2.45, 2.75) is 134 Å². The summed E-state index contributed by atoms with van der Waals surface area (Å²) in [7, 11) is 1.32. The van der Waals surface area contributed by atoms with Gasteiger partial charge in [0.15, 0.2) is 17.9 Å². The maximum Gasteiger partial charge on any atom is 0.220 e. The highest BCUT2D eigenvalue weighted by Gasteiger charge is 2.50. The minimum atomic E-state index is -2.30. The summed E-state index contributed by atoms with van der Waals surface area (Å²) in [4.78, 5) is 53.4. The first-order chi connectivity index (χ1) is 24.9. The Morgan fingerprint density at radius 2 is 1.62 bits per heavy atom. The molecule has 13 heteroatoms. The Kier molecular flexibility index (Phi) is 12.7. The van der Waals surface area contributed by atoms with Gasteiger partial charge in [0, 0.05) is 42.4 Å². The molecule has 2 aromatic carbocycles. The van der Waals surface area contributed by atoms with Crippen LogP contribution in [-0.4, -0.2) is 92.6 Å². The van der Waals surface area contributed by atoms with Crippen LogP contribution in [0, 0.1) is 0 Å². The number of phenolic OH excluding ortho intramolecular Hbond substituents is 2. The average Bonchev–Trinajstić information content (AvgIpc) is 3.12. The Balaban J connectivity index is 1.37. The van der Waals surface area contributed by atoms with E-state index in [0.29, 0.717) is 6.42 Å². The number of carbonyl (C=O) groups is 4. The molecule has 1 saturated heterocycles. The minimum absolute atomic E-state index is 0.0487. The molecule has 4 unspecified atom stereocenters. The van der Waals surface area contributed by atoms with Crippen LogP contribution in [0.25, 0.3) is 0 Å². The predicted octanol–water partition coefficient (Wildman–Crippen LogP) is 4.08. The summed E-state index contributed by atoms with van der Waals surface area (Å²) in [6, 6.07) is 3.59. The molecule has 0 radical (unpaired) electrons. The number of phenols is 2. The summed E-state index contributed by atoms with van der Waals surface area (Å²) in [5, 5.41) is 58.3. The molecule has 1 aliphatic heterocycles. The standard InChI is InChI=1S/C39H51NO12/c1-4-5-6-7-8-9-10-11-12-16-28(43)40-24-17-29(51-21(2)34(24)44)52-26-19-39(49,27(42)20-41)18-23-31(26)38(48)33-32(36(23)46)35(45)22-14-13-15-25(50-3)30(22)37(33)47/h13-15,21,24,26,29,34,41,44,46,48-49H,4-12,16-20H2,1-3H3,(H,40,43)/t21?,24?,26-,29?,34?,39-/m0/s1. The van der Waals surface area contributed by atoms with Crippen molar-refractivity contribution in [3.05, 3.63) is 51.6 Å². The average molecular weight is 726 g/mol. The number of amides is 1. The van der Waals surface area contributed by atoms with Crippen molar-refractivity contribution < 1.29 is 58.9 Å². The molecular formula is C39H51NO12. The summed E-state index contributed by atoms with van der Waals surface area (Å²) in [5.74, 6) is -4.11. The Labute approximate surface area is 303 Å². The van der Waals surface area contributed by atoms with Gasteiger partial charge in [0.1, 0.15) is 35.6 Å². The Hall–Kier alpha value is -3.88. The van der Waals surface area contributed by atoms with Gasteiger partial charge in [-0.15, -0.1) is 0 Å². The molecule has 1 fully saturated rings. The van der Waals surface area contributed by atoms with E-state index in [9.17, 15) is 44.7 Å². The van der Waals surface area contributed by atoms with E-state index in [1.807, 2.05) is 0 Å². The number of Topliss-reactive ketones (excluding diaryl/α,β-unsaturated/α-hetero) is 1. The van der Waals surface area contributed by atoms with Crippen LogP contribution in [0.5, 0.6) is 17.2 Å². The van der Waals surface area contributed by atoms with Gasteiger partial charge in [0.2, 0.25) is 11.7 Å². The molecule has 6 N–H and O–H groups in total. The summed E-state index contributed by atoms with van der Waals surface area (Å²) >= 11 is 0. The van der Waals surface area contributed by atoms with Gasteiger partial charge in [-0.2, -0.15) is 0 Å². The lowest BCUT2D eigenvalue weighted by Gasteiger charge is -2.43. The number of aliphatic hydroxyl groups is 3. The van der Waals surface area contributed by atoms with Crippen LogP contribution in [0.3, 0.4) is 0 Å². The fourth-order valence-electron chi connectivity index (χ4n) is 7.73. The zero-order chi connectivity index (χ0) is 37.7. The number of methoxy groups -OCH3 is 1. The Morgan fingerprint density at radius 1 is 0.962 bits per heavy atom. The van der Waals surface area contributed by atoms with Crippen LogP contribution in [0.2, 0.25) is 0 Å². The molecule has 284 valence electrons. The van der Waals surface area contributed by atoms with E-state index in [4.69, 9.17) is 14.2 Å². The number of benzene rings is 2. The number of aromatic hydroxyl groups is 2. The molecule has 5 rings (SSSR count). The van der Waals surface area contributed by atoms with E-state index in [-0.39, 0.29) is 46.8 Å². The Bertz CT molecular complexity index is 1670. The van der Waals surface area contributed by atoms with Crippen molar-refractivity contribution in [3.63, 3.8) is 0 Å². The zero-order valence-electron chi connectivity index (χ0n) is 30.1. The van der Waals surface area contributed by atoms with Crippen LogP contribution in [0.1, 0.15) is 140 Å². The Morgan fingerprint density at radius 3 is 2.27 bits per heavy atom. The van der Waals surface area contributed by atoms with Crippen LogP contribution < -0.4 is 10.1 Å². The molecule has 0 aromatic heterocycles. The van der Waals surface area contributed by atoms with Crippen molar-refractivity contribution >= 4 is 23.3 Å². The normalized spacial score (nSPS) is 25.2. The zero-order valence-corrected chi connectivity index (χ0v) is 30.1. The molecular weight excluding hydrogens is 674 g/mol. The number of unbranched alkanes of at least 4 members (excludes halogenated alkanes) is 8. The second-order valence-electron chi connectivity index (χ2n) is 14.2. The van der Waals surface area contributed by atoms with Crippen molar-refractivity contribution in [1.29, 1.82) is 0 Å². The van der Waals surface area contributed by atoms with E-state index >= 15 is 0 Å². The molecule has 2 aromatic rings. The number of carbonyl (C=O) groups excluding carboxylic acids is 4. The molecule has 0 spiro atoms. The molecule has 3 aliphatic rings. The number of ketones is 3. The quantitative estimate of drug-likeness (QED) is 0.0912. The third kappa shape index (κ3) is 7.89. The van der Waals surface area contributed by atoms with Crippen molar-refractivity contribution in [2.24, 2.45) is 0 Å². The van der Waals surface area contributed by atoms with Crippen molar-refractivity contribution in [1.82, 2.24) is 5.32 Å². The van der Waals surface area contributed by atoms with Gasteiger partial charge in [0.05, 0.1) is 42.0 Å². The van der Waals surface area contributed by atoms with E-state index in [0.717, 1.165) is 19.3 Å². The van der Waals surface area contributed by atoms with Crippen LogP contribution in [0.15, 0.2) is 18.2 Å². The topological polar surface area (TPSA) is 209 Å². The van der Waals surface area contributed by atoms with Gasteiger partial charge >= 0.3 is 0 Å². The maximum atomic E-state index is 13.9. The van der Waals surface area contributed by atoms with E-state index in [2.05, 4.69) is 12.2 Å². The van der Waals surface area contributed by atoms with Crippen LogP contribution in [0.4, 0.5) is 0 Å². The van der Waals surface area contributed by atoms with Gasteiger partial charge < -0.3 is 45.1 Å². The summed E-state index contributed by atoms with van der Waals surface area (Å²) in [5.41, 5.74) is -3.79. The molecule has 52 heavy (non-hydrogen) atoms. The largest absolute Gasteiger partial charge is 0.507 e. The fraction of sp³-hybridized carbons (Fsp3) is 0.590. The number of fused-ring (bicyclic) bond motifs is 3. The van der Waals surface area contributed by atoms with E-state index in [1.165, 1.54) is 57.4 Å². The molecule has 2 aliphatic carbocycles. The van der Waals surface area contributed by atoms with Crippen LogP contribution >= 0.6 is 0 Å². The number of ether oxygens (including phenoxy) is 3. The third-order valence-electron chi connectivity index (χ3n) is 10.6. The second-order valence-corrected chi connectivity index (χ2v) is 14.2. The molecule has 1 amide bonds. The highest BCUT2D eigenvalue weighted by molar-refractivity contribution is 6.31. The van der Waals surface area contributed by atoms with Gasteiger partial charge in [-0.1, -0.05) is 70.4 Å². The lowest BCUT2D eigenvalue weighted by molar-refractivity contribution is -0.249. The van der Waals surface area contributed by atoms with Gasteiger partial charge in [-0.25, -0.2) is 0 Å². The number of hydrogen-bond donors (Lipinski definition) is 6.